The molecule has 1 aromatic carbocycles. The van der Waals surface area contributed by atoms with Gasteiger partial charge in [0.1, 0.15) is 5.01 Å². The number of hydrogen-bond acceptors (Lipinski definition) is 5. The van der Waals surface area contributed by atoms with Crippen LogP contribution in [0.3, 0.4) is 0 Å². The molecule has 158 valence electrons. The van der Waals surface area contributed by atoms with Crippen LogP contribution < -0.4 is 10.6 Å². The summed E-state index contributed by atoms with van der Waals surface area (Å²) < 4.78 is 5.56. The molecule has 1 unspecified atom stereocenters. The minimum atomic E-state index is 0.285. The first kappa shape index (κ1) is 21.7. The summed E-state index contributed by atoms with van der Waals surface area (Å²) in [5, 5.41) is 7.98. The van der Waals surface area contributed by atoms with Gasteiger partial charge in [0.05, 0.1) is 31.5 Å². The van der Waals surface area contributed by atoms with E-state index >= 15 is 0 Å². The molecule has 2 aromatic rings. The lowest BCUT2D eigenvalue weighted by atomic mass is 10.0. The van der Waals surface area contributed by atoms with Gasteiger partial charge in [-0.15, -0.1) is 11.3 Å². The van der Waals surface area contributed by atoms with E-state index in [1.54, 1.807) is 11.3 Å². The van der Waals surface area contributed by atoms with E-state index in [0.29, 0.717) is 6.54 Å². The van der Waals surface area contributed by atoms with Crippen molar-refractivity contribution in [3.05, 3.63) is 51.0 Å². The van der Waals surface area contributed by atoms with Gasteiger partial charge in [-0.2, -0.15) is 0 Å². The van der Waals surface area contributed by atoms with Gasteiger partial charge in [-0.1, -0.05) is 29.8 Å². The molecule has 1 fully saturated rings. The summed E-state index contributed by atoms with van der Waals surface area (Å²) in [4.78, 5) is 13.1. The lowest BCUT2D eigenvalue weighted by Crippen LogP contribution is -2.46. The Morgan fingerprint density at radius 2 is 1.90 bits per heavy atom. The highest BCUT2D eigenvalue weighted by molar-refractivity contribution is 7.11. The van der Waals surface area contributed by atoms with Crippen molar-refractivity contribution in [3.63, 3.8) is 0 Å². The second-order valence-electron chi connectivity index (χ2n) is 7.40. The third-order valence-electron chi connectivity index (χ3n) is 5.20. The number of benzene rings is 1. The first-order valence-electron chi connectivity index (χ1n) is 10.4. The molecular weight excluding hydrogens is 382 g/mol. The Balaban J connectivity index is 1.70. The van der Waals surface area contributed by atoms with Crippen molar-refractivity contribution in [2.75, 3.05) is 39.4 Å². The number of rotatable bonds is 7. The Morgan fingerprint density at radius 1 is 1.17 bits per heavy atom. The maximum absolute atomic E-state index is 5.56. The quantitative estimate of drug-likeness (QED) is 0.537. The zero-order valence-electron chi connectivity index (χ0n) is 18.0. The molecule has 0 spiro atoms. The third kappa shape index (κ3) is 6.26. The molecule has 6 nitrogen and oxygen atoms in total. The average Bonchev–Trinajstić information content (AvgIpc) is 3.05. The first-order valence-corrected chi connectivity index (χ1v) is 11.2. The topological polar surface area (TPSA) is 61.8 Å². The molecule has 29 heavy (non-hydrogen) atoms. The van der Waals surface area contributed by atoms with Crippen molar-refractivity contribution in [2.24, 2.45) is 4.99 Å². The highest BCUT2D eigenvalue weighted by Gasteiger charge is 2.22. The summed E-state index contributed by atoms with van der Waals surface area (Å²) in [5.41, 5.74) is 3.71. The predicted molar refractivity (Wildman–Crippen MR) is 121 cm³/mol. The van der Waals surface area contributed by atoms with Crippen molar-refractivity contribution in [2.45, 2.75) is 40.3 Å². The molecule has 2 heterocycles. The zero-order chi connectivity index (χ0) is 20.6. The Hall–Kier alpha value is -1.96. The highest BCUT2D eigenvalue weighted by Crippen LogP contribution is 2.22. The number of aryl methyl sites for hydroxylation is 3. The van der Waals surface area contributed by atoms with Gasteiger partial charge in [0, 0.05) is 31.1 Å². The number of guanidine groups is 1. The molecule has 1 atom stereocenters. The molecule has 1 aliphatic rings. The minimum absolute atomic E-state index is 0.285. The Labute approximate surface area is 178 Å². The molecule has 1 saturated heterocycles. The van der Waals surface area contributed by atoms with E-state index in [1.165, 1.54) is 16.0 Å². The molecular formula is C22H33N5OS. The van der Waals surface area contributed by atoms with Crippen LogP contribution in [-0.4, -0.2) is 55.2 Å². The van der Waals surface area contributed by atoms with E-state index in [-0.39, 0.29) is 6.04 Å². The summed E-state index contributed by atoms with van der Waals surface area (Å²) in [7, 11) is 0. The number of aromatic nitrogens is 1. The molecule has 3 rings (SSSR count). The van der Waals surface area contributed by atoms with Gasteiger partial charge in [-0.05, 0) is 33.3 Å². The molecule has 0 radical (unpaired) electrons. The van der Waals surface area contributed by atoms with Crippen molar-refractivity contribution >= 4 is 17.3 Å². The number of nitrogens with zero attached hydrogens (tertiary/aromatic N) is 3. The third-order valence-corrected chi connectivity index (χ3v) is 6.26. The van der Waals surface area contributed by atoms with Crippen LogP contribution in [0.2, 0.25) is 0 Å². The van der Waals surface area contributed by atoms with Crippen LogP contribution in [-0.2, 0) is 11.3 Å². The van der Waals surface area contributed by atoms with Crippen molar-refractivity contribution in [1.82, 2.24) is 20.5 Å². The number of ether oxygens (including phenoxy) is 1. The van der Waals surface area contributed by atoms with Crippen LogP contribution in [0.15, 0.2) is 29.3 Å². The van der Waals surface area contributed by atoms with Crippen LogP contribution in [0.5, 0.6) is 0 Å². The number of thiazole rings is 1. The minimum Gasteiger partial charge on any atom is -0.379 e. The summed E-state index contributed by atoms with van der Waals surface area (Å²) in [6, 6.07) is 9.14. The van der Waals surface area contributed by atoms with Gasteiger partial charge in [0.15, 0.2) is 5.96 Å². The zero-order valence-corrected chi connectivity index (χ0v) is 18.8. The first-order chi connectivity index (χ1) is 14.1. The van der Waals surface area contributed by atoms with Crippen molar-refractivity contribution in [3.8, 4) is 0 Å². The summed E-state index contributed by atoms with van der Waals surface area (Å²) in [6.45, 7) is 14.1. The molecule has 0 aliphatic carbocycles. The largest absolute Gasteiger partial charge is 0.379 e. The van der Waals surface area contributed by atoms with Crippen LogP contribution in [0.1, 0.15) is 39.7 Å². The predicted octanol–water partition coefficient (Wildman–Crippen LogP) is 3.20. The standard InChI is InChI=1S/C22H33N5OS/c1-5-23-22(25-15-21-26-17(3)18(4)29-21)24-14-20(27-10-12-28-13-11-27)19-8-6-16(2)7-9-19/h6-9,20H,5,10-15H2,1-4H3,(H2,23,24,25). The normalized spacial score (nSPS) is 16.6. The second kappa shape index (κ2) is 10.7. The Morgan fingerprint density at radius 3 is 2.52 bits per heavy atom. The van der Waals surface area contributed by atoms with E-state index in [9.17, 15) is 0 Å². The smallest absolute Gasteiger partial charge is 0.191 e. The molecule has 0 amide bonds. The van der Waals surface area contributed by atoms with Crippen LogP contribution in [0.25, 0.3) is 0 Å². The molecule has 0 saturated carbocycles. The van der Waals surface area contributed by atoms with Crippen LogP contribution in [0.4, 0.5) is 0 Å². The fraction of sp³-hybridized carbons (Fsp3) is 0.545. The summed E-state index contributed by atoms with van der Waals surface area (Å²) >= 11 is 1.72. The summed E-state index contributed by atoms with van der Waals surface area (Å²) in [5.74, 6) is 0.836. The average molecular weight is 416 g/mol. The van der Waals surface area contributed by atoms with Gasteiger partial charge < -0.3 is 15.4 Å². The molecule has 2 N–H and O–H groups in total. The Bertz CT molecular complexity index is 777. The number of hydrogen-bond donors (Lipinski definition) is 2. The Kier molecular flexibility index (Phi) is 8.03. The number of nitrogens with one attached hydrogen (secondary N) is 2. The van der Waals surface area contributed by atoms with Crippen molar-refractivity contribution in [1.29, 1.82) is 0 Å². The van der Waals surface area contributed by atoms with E-state index < -0.39 is 0 Å². The lowest BCUT2D eigenvalue weighted by molar-refractivity contribution is 0.0170. The van der Waals surface area contributed by atoms with E-state index in [0.717, 1.165) is 56.1 Å². The fourth-order valence-electron chi connectivity index (χ4n) is 3.42. The number of aliphatic imine (C=N–C) groups is 1. The maximum atomic E-state index is 5.56. The van der Waals surface area contributed by atoms with Gasteiger partial charge in [0.2, 0.25) is 0 Å². The van der Waals surface area contributed by atoms with Gasteiger partial charge >= 0.3 is 0 Å². The molecule has 1 aliphatic heterocycles. The van der Waals surface area contributed by atoms with E-state index in [2.05, 4.69) is 72.5 Å². The second-order valence-corrected chi connectivity index (χ2v) is 8.69. The van der Waals surface area contributed by atoms with E-state index in [4.69, 9.17) is 9.73 Å². The summed E-state index contributed by atoms with van der Waals surface area (Å²) in [6.07, 6.45) is 0. The monoisotopic (exact) mass is 415 g/mol. The van der Waals surface area contributed by atoms with Crippen LogP contribution >= 0.6 is 11.3 Å². The molecule has 0 bridgehead atoms. The molecule has 7 heteroatoms. The maximum Gasteiger partial charge on any atom is 0.191 e. The fourth-order valence-corrected chi connectivity index (χ4v) is 4.28. The lowest BCUT2D eigenvalue weighted by Gasteiger charge is -2.35. The van der Waals surface area contributed by atoms with Crippen LogP contribution in [0, 0.1) is 20.8 Å². The van der Waals surface area contributed by atoms with E-state index in [1.807, 2.05) is 0 Å². The van der Waals surface area contributed by atoms with Gasteiger partial charge in [-0.25, -0.2) is 9.98 Å². The molecule has 1 aromatic heterocycles. The SMILES string of the molecule is CCNC(=NCc1nc(C)c(C)s1)NCC(c1ccc(C)cc1)N1CCOCC1. The highest BCUT2D eigenvalue weighted by atomic mass is 32.1. The number of morpholine rings is 1. The van der Waals surface area contributed by atoms with Crippen molar-refractivity contribution < 1.29 is 4.74 Å². The van der Waals surface area contributed by atoms with Gasteiger partial charge in [-0.3, -0.25) is 4.90 Å². The van der Waals surface area contributed by atoms with Gasteiger partial charge in [0.25, 0.3) is 0 Å².